The van der Waals surface area contributed by atoms with E-state index >= 15 is 0 Å². The molecular weight excluding hydrogens is 390 g/mol. The fourth-order valence-electron chi connectivity index (χ4n) is 6.41. The Balaban J connectivity index is 1.83. The first-order valence-electron chi connectivity index (χ1n) is 10.8. The van der Waals surface area contributed by atoms with Gasteiger partial charge in [0.05, 0.1) is 30.0 Å². The van der Waals surface area contributed by atoms with E-state index in [0.717, 1.165) is 22.3 Å². The number of nitrogens with zero attached hydrogens (tertiary/aromatic N) is 1. The van der Waals surface area contributed by atoms with Crippen molar-refractivity contribution in [1.29, 1.82) is 0 Å². The number of methoxy groups -OCH3 is 2. The summed E-state index contributed by atoms with van der Waals surface area (Å²) < 4.78 is 11.6. The molecule has 1 aliphatic heterocycles. The average Bonchev–Trinajstić information content (AvgIpc) is 3.06. The van der Waals surface area contributed by atoms with Crippen LogP contribution in [0.5, 0.6) is 0 Å². The molecular formula is C26H27NO4. The highest BCUT2D eigenvalue weighted by molar-refractivity contribution is 6.08. The van der Waals surface area contributed by atoms with Gasteiger partial charge in [0, 0.05) is 26.7 Å². The molecule has 160 valence electrons. The van der Waals surface area contributed by atoms with Gasteiger partial charge < -0.3 is 9.47 Å². The lowest BCUT2D eigenvalue weighted by Gasteiger charge is -2.56. The van der Waals surface area contributed by atoms with Crippen molar-refractivity contribution in [1.82, 2.24) is 4.90 Å². The van der Waals surface area contributed by atoms with Crippen molar-refractivity contribution in [3.05, 3.63) is 83.4 Å². The zero-order valence-corrected chi connectivity index (χ0v) is 17.9. The van der Waals surface area contributed by atoms with Crippen LogP contribution in [0.15, 0.2) is 61.2 Å². The summed E-state index contributed by atoms with van der Waals surface area (Å²) >= 11 is 0. The van der Waals surface area contributed by atoms with Gasteiger partial charge in [-0.25, -0.2) is 0 Å². The lowest BCUT2D eigenvalue weighted by atomic mass is 9.45. The molecule has 0 aromatic heterocycles. The van der Waals surface area contributed by atoms with E-state index in [2.05, 4.69) is 30.8 Å². The van der Waals surface area contributed by atoms with Crippen molar-refractivity contribution >= 4 is 11.8 Å². The number of carbonyl (C=O) groups excluding carboxylic acids is 2. The third kappa shape index (κ3) is 2.45. The molecule has 2 aromatic carbocycles. The van der Waals surface area contributed by atoms with Gasteiger partial charge in [-0.15, -0.1) is 6.58 Å². The number of hydrogen-bond acceptors (Lipinski definition) is 4. The molecule has 2 amide bonds. The molecule has 0 spiro atoms. The van der Waals surface area contributed by atoms with Gasteiger partial charge in [0.25, 0.3) is 0 Å². The van der Waals surface area contributed by atoms with Crippen LogP contribution in [-0.2, 0) is 24.5 Å². The lowest BCUT2D eigenvalue weighted by molar-refractivity contribution is -0.140. The summed E-state index contributed by atoms with van der Waals surface area (Å²) in [5, 5.41) is 0. The zero-order chi connectivity index (χ0) is 21.8. The van der Waals surface area contributed by atoms with Crippen LogP contribution < -0.4 is 0 Å². The summed E-state index contributed by atoms with van der Waals surface area (Å²) in [7, 11) is 3.31. The summed E-state index contributed by atoms with van der Waals surface area (Å²) in [6, 6.07) is 16.4. The highest BCUT2D eigenvalue weighted by Crippen LogP contribution is 2.65. The van der Waals surface area contributed by atoms with E-state index in [1.54, 1.807) is 20.3 Å². The van der Waals surface area contributed by atoms with E-state index in [-0.39, 0.29) is 17.7 Å². The average molecular weight is 418 g/mol. The molecule has 0 radical (unpaired) electrons. The predicted octanol–water partition coefficient (Wildman–Crippen LogP) is 3.27. The molecule has 1 heterocycles. The lowest BCUT2D eigenvalue weighted by Crippen LogP contribution is -2.60. The van der Waals surface area contributed by atoms with Gasteiger partial charge in [0.1, 0.15) is 0 Å². The summed E-state index contributed by atoms with van der Waals surface area (Å²) in [5.41, 5.74) is 3.61. The topological polar surface area (TPSA) is 55.8 Å². The Morgan fingerprint density at radius 1 is 1.03 bits per heavy atom. The van der Waals surface area contributed by atoms with Gasteiger partial charge in [-0.1, -0.05) is 54.6 Å². The van der Waals surface area contributed by atoms with Gasteiger partial charge >= 0.3 is 0 Å². The van der Waals surface area contributed by atoms with Crippen LogP contribution in [0.25, 0.3) is 0 Å². The monoisotopic (exact) mass is 417 g/mol. The van der Waals surface area contributed by atoms with E-state index in [9.17, 15) is 9.59 Å². The van der Waals surface area contributed by atoms with E-state index in [0.29, 0.717) is 19.6 Å². The molecule has 0 N–H and O–H groups in total. The Morgan fingerprint density at radius 3 is 2.19 bits per heavy atom. The number of rotatable bonds is 7. The summed E-state index contributed by atoms with van der Waals surface area (Å²) in [4.78, 5) is 29.0. The van der Waals surface area contributed by atoms with Crippen molar-refractivity contribution in [2.75, 3.05) is 27.4 Å². The van der Waals surface area contributed by atoms with Gasteiger partial charge in [0.2, 0.25) is 11.8 Å². The maximum absolute atomic E-state index is 13.9. The minimum absolute atomic E-state index is 0.0810. The predicted molar refractivity (Wildman–Crippen MR) is 117 cm³/mol. The molecule has 0 saturated carbocycles. The second kappa shape index (κ2) is 7.43. The molecule has 2 aromatic rings. The first kappa shape index (κ1) is 20.2. The third-order valence-electron chi connectivity index (χ3n) is 7.44. The summed E-state index contributed by atoms with van der Waals surface area (Å²) in [5.74, 6) is -1.27. The van der Waals surface area contributed by atoms with Crippen LogP contribution in [0.3, 0.4) is 0 Å². The van der Waals surface area contributed by atoms with Gasteiger partial charge in [-0.2, -0.15) is 0 Å². The third-order valence-corrected chi connectivity index (χ3v) is 7.44. The Labute approximate surface area is 182 Å². The molecule has 31 heavy (non-hydrogen) atoms. The molecule has 3 aliphatic carbocycles. The van der Waals surface area contributed by atoms with Crippen LogP contribution in [0, 0.1) is 11.8 Å². The molecule has 4 aliphatic rings. The number of likely N-dealkylation sites (tertiary alicyclic amines) is 1. The number of benzene rings is 2. The van der Waals surface area contributed by atoms with Gasteiger partial charge in [-0.3, -0.25) is 14.5 Å². The van der Waals surface area contributed by atoms with Crippen LogP contribution >= 0.6 is 0 Å². The highest BCUT2D eigenvalue weighted by Gasteiger charge is 2.70. The van der Waals surface area contributed by atoms with E-state index in [1.807, 2.05) is 24.3 Å². The molecule has 1 fully saturated rings. The van der Waals surface area contributed by atoms with Gasteiger partial charge in [-0.05, 0) is 28.7 Å². The summed E-state index contributed by atoms with van der Waals surface area (Å²) in [6.45, 7) is 4.45. The maximum atomic E-state index is 13.9. The Hall–Kier alpha value is -2.76. The first-order valence-corrected chi connectivity index (χ1v) is 10.8. The normalized spacial score (nSPS) is 28.8. The van der Waals surface area contributed by atoms with Crippen molar-refractivity contribution in [3.8, 4) is 0 Å². The van der Waals surface area contributed by atoms with Crippen molar-refractivity contribution in [2.24, 2.45) is 11.8 Å². The van der Waals surface area contributed by atoms with E-state index in [4.69, 9.17) is 9.47 Å². The van der Waals surface area contributed by atoms with Crippen LogP contribution in [-0.4, -0.2) is 50.2 Å². The fraction of sp³-hybridized carbons (Fsp3) is 0.385. The minimum Gasteiger partial charge on any atom is -0.382 e. The number of carbonyl (C=O) groups is 2. The second-order valence-corrected chi connectivity index (χ2v) is 8.61. The Kier molecular flexibility index (Phi) is 4.83. The largest absolute Gasteiger partial charge is 0.382 e. The van der Waals surface area contributed by atoms with Crippen LogP contribution in [0.1, 0.15) is 34.6 Å². The molecule has 2 bridgehead atoms. The Morgan fingerprint density at radius 2 is 1.65 bits per heavy atom. The van der Waals surface area contributed by atoms with Crippen LogP contribution in [0.2, 0.25) is 0 Å². The Bertz CT molecular complexity index is 1010. The molecule has 1 saturated heterocycles. The SMILES string of the molecule is C=CCCN1C(=O)[C@H]2C3c4ccccc4C([C@@H](COC)OC)(c4ccccc43)[C@H]2C1=O. The quantitative estimate of drug-likeness (QED) is 0.513. The maximum Gasteiger partial charge on any atom is 0.234 e. The molecule has 0 unspecified atom stereocenters. The van der Waals surface area contributed by atoms with Crippen LogP contribution in [0.4, 0.5) is 0 Å². The second-order valence-electron chi connectivity index (χ2n) is 8.61. The van der Waals surface area contributed by atoms with Crippen molar-refractivity contribution in [3.63, 3.8) is 0 Å². The van der Waals surface area contributed by atoms with Crippen molar-refractivity contribution < 1.29 is 19.1 Å². The zero-order valence-electron chi connectivity index (χ0n) is 17.9. The number of imide groups is 1. The minimum atomic E-state index is -0.785. The van der Waals surface area contributed by atoms with Gasteiger partial charge in [0.15, 0.2) is 0 Å². The molecule has 3 atom stereocenters. The van der Waals surface area contributed by atoms with E-state index in [1.165, 1.54) is 4.90 Å². The van der Waals surface area contributed by atoms with E-state index < -0.39 is 23.4 Å². The molecule has 5 nitrogen and oxygen atoms in total. The molecule has 5 heteroatoms. The highest BCUT2D eigenvalue weighted by atomic mass is 16.5. The molecule has 6 rings (SSSR count). The number of hydrogen-bond donors (Lipinski definition) is 0. The standard InChI is InChI=1S/C26H27NO4/c1-4-5-14-27-24(28)22-21-16-10-6-8-12-18(16)26(23(22)25(27)29,20(31-3)15-30-2)19-13-9-7-11-17(19)21/h4,6-13,20-23H,1,5,14-15H2,2-3H3/t20-,21?,22+,23-,26?/m1/s1. The fourth-order valence-corrected chi connectivity index (χ4v) is 6.41. The number of amides is 2. The summed E-state index contributed by atoms with van der Waals surface area (Å²) in [6.07, 6.45) is 1.92. The smallest absolute Gasteiger partial charge is 0.234 e. The van der Waals surface area contributed by atoms with Crippen molar-refractivity contribution in [2.45, 2.75) is 23.9 Å². The first-order chi connectivity index (χ1) is 15.1. The number of ether oxygens (including phenoxy) is 2.